The zero-order chi connectivity index (χ0) is 18.7. The Morgan fingerprint density at radius 3 is 2.78 bits per heavy atom. The minimum absolute atomic E-state index is 0.0147. The van der Waals surface area contributed by atoms with Gasteiger partial charge in [-0.2, -0.15) is 0 Å². The fourth-order valence-corrected chi connectivity index (χ4v) is 4.89. The number of hydrogen-bond acceptors (Lipinski definition) is 4. The van der Waals surface area contributed by atoms with E-state index in [1.807, 2.05) is 42.5 Å². The van der Waals surface area contributed by atoms with Gasteiger partial charge in [-0.15, -0.1) is 0 Å². The van der Waals surface area contributed by atoms with Gasteiger partial charge in [0.15, 0.2) is 0 Å². The molecule has 0 spiro atoms. The predicted molar refractivity (Wildman–Crippen MR) is 103 cm³/mol. The normalized spacial score (nSPS) is 28.5. The van der Waals surface area contributed by atoms with Gasteiger partial charge >= 0.3 is 0 Å². The SMILES string of the molecule is O=C(CN1CC[C@](O)(c2ccccc2)[C@@H]2CCCC[C@@H]21)NCc1ccco1. The number of carbonyl (C=O) groups is 1. The lowest BCUT2D eigenvalue weighted by molar-refractivity contribution is -0.136. The average molecular weight is 368 g/mol. The second-order valence-electron chi connectivity index (χ2n) is 7.83. The molecule has 1 aromatic carbocycles. The van der Waals surface area contributed by atoms with Crippen molar-refractivity contribution in [1.82, 2.24) is 10.2 Å². The molecule has 3 atom stereocenters. The summed E-state index contributed by atoms with van der Waals surface area (Å²) >= 11 is 0. The van der Waals surface area contributed by atoms with Gasteiger partial charge in [0.2, 0.25) is 5.91 Å². The third-order valence-corrected chi connectivity index (χ3v) is 6.25. The van der Waals surface area contributed by atoms with E-state index < -0.39 is 5.60 Å². The number of aliphatic hydroxyl groups is 1. The van der Waals surface area contributed by atoms with Gasteiger partial charge < -0.3 is 14.8 Å². The van der Waals surface area contributed by atoms with Crippen molar-refractivity contribution >= 4 is 5.91 Å². The summed E-state index contributed by atoms with van der Waals surface area (Å²) in [5.74, 6) is 0.956. The molecule has 2 aromatic rings. The Balaban J connectivity index is 1.44. The van der Waals surface area contributed by atoms with Crippen molar-refractivity contribution in [2.75, 3.05) is 13.1 Å². The molecule has 2 aliphatic rings. The zero-order valence-electron chi connectivity index (χ0n) is 15.6. The number of likely N-dealkylation sites (tertiary alicyclic amines) is 1. The quantitative estimate of drug-likeness (QED) is 0.851. The van der Waals surface area contributed by atoms with Crippen LogP contribution in [0.15, 0.2) is 53.1 Å². The van der Waals surface area contributed by atoms with Crippen LogP contribution in [0.1, 0.15) is 43.4 Å². The van der Waals surface area contributed by atoms with Gasteiger partial charge in [-0.1, -0.05) is 43.2 Å². The summed E-state index contributed by atoms with van der Waals surface area (Å²) < 4.78 is 5.27. The van der Waals surface area contributed by atoms with E-state index >= 15 is 0 Å². The van der Waals surface area contributed by atoms with E-state index in [0.29, 0.717) is 19.5 Å². The molecule has 5 heteroatoms. The summed E-state index contributed by atoms with van der Waals surface area (Å²) in [5.41, 5.74) is 0.233. The molecule has 1 aliphatic carbocycles. The Morgan fingerprint density at radius 1 is 1.19 bits per heavy atom. The number of piperidine rings is 1. The van der Waals surface area contributed by atoms with E-state index in [9.17, 15) is 9.90 Å². The molecule has 0 unspecified atom stereocenters. The Bertz CT molecular complexity index is 746. The summed E-state index contributed by atoms with van der Waals surface area (Å²) in [7, 11) is 0. The number of benzene rings is 1. The molecule has 144 valence electrons. The highest BCUT2D eigenvalue weighted by molar-refractivity contribution is 5.78. The molecule has 1 aliphatic heterocycles. The number of nitrogens with one attached hydrogen (secondary N) is 1. The maximum Gasteiger partial charge on any atom is 0.234 e. The van der Waals surface area contributed by atoms with Crippen molar-refractivity contribution in [1.29, 1.82) is 0 Å². The first-order valence-corrected chi connectivity index (χ1v) is 9.98. The second kappa shape index (κ2) is 7.87. The Labute approximate surface area is 160 Å². The van der Waals surface area contributed by atoms with Gasteiger partial charge in [-0.25, -0.2) is 0 Å². The van der Waals surface area contributed by atoms with E-state index in [1.54, 1.807) is 6.26 Å². The summed E-state index contributed by atoms with van der Waals surface area (Å²) in [6, 6.07) is 14.0. The van der Waals surface area contributed by atoms with Crippen LogP contribution < -0.4 is 5.32 Å². The summed E-state index contributed by atoms with van der Waals surface area (Å²) in [6.45, 7) is 1.54. The van der Waals surface area contributed by atoms with Crippen LogP contribution >= 0.6 is 0 Å². The molecule has 1 saturated carbocycles. The lowest BCUT2D eigenvalue weighted by atomic mass is 9.66. The van der Waals surface area contributed by atoms with Crippen LogP contribution in [0.2, 0.25) is 0 Å². The molecule has 1 saturated heterocycles. The van der Waals surface area contributed by atoms with Crippen molar-refractivity contribution in [2.24, 2.45) is 5.92 Å². The fourth-order valence-electron chi connectivity index (χ4n) is 4.89. The van der Waals surface area contributed by atoms with Crippen LogP contribution in [-0.2, 0) is 16.9 Å². The van der Waals surface area contributed by atoms with Crippen molar-refractivity contribution in [3.63, 3.8) is 0 Å². The largest absolute Gasteiger partial charge is 0.467 e. The highest BCUT2D eigenvalue weighted by Crippen LogP contribution is 2.46. The van der Waals surface area contributed by atoms with Gasteiger partial charge in [-0.05, 0) is 37.0 Å². The maximum absolute atomic E-state index is 12.5. The van der Waals surface area contributed by atoms with Crippen LogP contribution in [0, 0.1) is 5.92 Å². The van der Waals surface area contributed by atoms with Crippen molar-refractivity contribution in [2.45, 2.75) is 50.3 Å². The van der Waals surface area contributed by atoms with Crippen molar-refractivity contribution in [3.8, 4) is 0 Å². The minimum atomic E-state index is -0.784. The van der Waals surface area contributed by atoms with E-state index in [4.69, 9.17) is 4.42 Å². The highest BCUT2D eigenvalue weighted by atomic mass is 16.3. The molecule has 4 rings (SSSR count). The lowest BCUT2D eigenvalue weighted by Crippen LogP contribution is -2.59. The fraction of sp³-hybridized carbons (Fsp3) is 0.500. The third-order valence-electron chi connectivity index (χ3n) is 6.25. The molecule has 0 bridgehead atoms. The minimum Gasteiger partial charge on any atom is -0.467 e. The molecule has 27 heavy (non-hydrogen) atoms. The van der Waals surface area contributed by atoms with E-state index in [-0.39, 0.29) is 17.9 Å². The third kappa shape index (κ3) is 3.80. The van der Waals surface area contributed by atoms with Gasteiger partial charge in [0.1, 0.15) is 5.76 Å². The monoisotopic (exact) mass is 368 g/mol. The number of hydrogen-bond donors (Lipinski definition) is 2. The predicted octanol–water partition coefficient (Wildman–Crippen LogP) is 3.05. The first-order chi connectivity index (χ1) is 13.2. The Kier molecular flexibility index (Phi) is 5.32. The van der Waals surface area contributed by atoms with Crippen molar-refractivity contribution < 1.29 is 14.3 Å². The van der Waals surface area contributed by atoms with E-state index in [2.05, 4.69) is 10.2 Å². The Hall–Kier alpha value is -2.11. The van der Waals surface area contributed by atoms with Gasteiger partial charge in [0.05, 0.1) is 25.0 Å². The first-order valence-electron chi connectivity index (χ1n) is 9.98. The van der Waals surface area contributed by atoms with Crippen LogP contribution in [0.3, 0.4) is 0 Å². The van der Waals surface area contributed by atoms with Crippen LogP contribution in [-0.4, -0.2) is 35.0 Å². The molecular weight excluding hydrogens is 340 g/mol. The molecule has 2 heterocycles. The Morgan fingerprint density at radius 2 is 2.00 bits per heavy atom. The van der Waals surface area contributed by atoms with E-state index in [0.717, 1.165) is 43.6 Å². The molecular formula is C22H28N2O3. The van der Waals surface area contributed by atoms with E-state index in [1.165, 1.54) is 0 Å². The summed E-state index contributed by atoms with van der Waals surface area (Å²) in [4.78, 5) is 14.7. The first kappa shape index (κ1) is 18.3. The molecule has 1 amide bonds. The van der Waals surface area contributed by atoms with Crippen LogP contribution in [0.25, 0.3) is 0 Å². The summed E-state index contributed by atoms with van der Waals surface area (Å²) in [5, 5.41) is 14.5. The van der Waals surface area contributed by atoms with Gasteiger partial charge in [0, 0.05) is 18.5 Å². The highest BCUT2D eigenvalue weighted by Gasteiger charge is 2.49. The molecule has 2 N–H and O–H groups in total. The number of amides is 1. The number of furan rings is 1. The lowest BCUT2D eigenvalue weighted by Gasteiger charge is -2.52. The molecule has 0 radical (unpaired) electrons. The summed E-state index contributed by atoms with van der Waals surface area (Å²) in [6.07, 6.45) is 6.66. The van der Waals surface area contributed by atoms with Crippen molar-refractivity contribution in [3.05, 3.63) is 60.1 Å². The van der Waals surface area contributed by atoms with Gasteiger partial charge in [0.25, 0.3) is 0 Å². The topological polar surface area (TPSA) is 65.7 Å². The number of carbonyl (C=O) groups excluding carboxylic acids is 1. The van der Waals surface area contributed by atoms with Crippen LogP contribution in [0.4, 0.5) is 0 Å². The van der Waals surface area contributed by atoms with Crippen LogP contribution in [0.5, 0.6) is 0 Å². The molecule has 1 aromatic heterocycles. The number of nitrogens with zero attached hydrogens (tertiary/aromatic N) is 1. The van der Waals surface area contributed by atoms with Gasteiger partial charge in [-0.3, -0.25) is 9.69 Å². The molecule has 2 fully saturated rings. The molecule has 5 nitrogen and oxygen atoms in total. The number of fused-ring (bicyclic) bond motifs is 1. The number of rotatable bonds is 5. The maximum atomic E-state index is 12.5. The average Bonchev–Trinajstić information content (AvgIpc) is 3.23. The standard InChI is InChI=1S/C22H28N2O3/c25-21(23-15-18-9-6-14-27-18)16-24-13-12-22(26,17-7-2-1-3-8-17)19-10-4-5-11-20(19)24/h1-3,6-9,14,19-20,26H,4-5,10-13,15-16H2,(H,23,25)/t19-,20+,22+/m1/s1. The second-order valence-corrected chi connectivity index (χ2v) is 7.83. The zero-order valence-corrected chi connectivity index (χ0v) is 15.6. The smallest absolute Gasteiger partial charge is 0.234 e.